The summed E-state index contributed by atoms with van der Waals surface area (Å²) in [6.07, 6.45) is 3.03. The van der Waals surface area contributed by atoms with Gasteiger partial charge in [0.25, 0.3) is 0 Å². The van der Waals surface area contributed by atoms with Crippen LogP contribution in [-0.2, 0) is 0 Å². The molecule has 1 N–H and O–H groups in total. The zero-order valence-electron chi connectivity index (χ0n) is 9.95. The number of carbonyl (C=O) groups is 1. The average molecular weight is 354 g/mol. The number of aromatic amines is 1. The summed E-state index contributed by atoms with van der Waals surface area (Å²) in [5, 5.41) is 0.890. The van der Waals surface area contributed by atoms with Gasteiger partial charge in [0, 0.05) is 22.3 Å². The molecule has 20 heavy (non-hydrogen) atoms. The van der Waals surface area contributed by atoms with Crippen molar-refractivity contribution in [2.24, 2.45) is 0 Å². The molecule has 3 rings (SSSR count). The van der Waals surface area contributed by atoms with Gasteiger partial charge in [-0.3, -0.25) is 4.79 Å². The van der Waals surface area contributed by atoms with E-state index in [0.29, 0.717) is 26.1 Å². The second kappa shape index (κ2) is 5.00. The van der Waals surface area contributed by atoms with E-state index in [9.17, 15) is 9.18 Å². The SMILES string of the molecule is O=C(c1c(F)cccc1Br)c1c[nH]c2nccc(Cl)c12. The Labute approximate surface area is 126 Å². The maximum Gasteiger partial charge on any atom is 0.199 e. The summed E-state index contributed by atoms with van der Waals surface area (Å²) in [7, 11) is 0. The van der Waals surface area contributed by atoms with Gasteiger partial charge in [0.15, 0.2) is 5.78 Å². The van der Waals surface area contributed by atoms with Gasteiger partial charge >= 0.3 is 0 Å². The standard InChI is InChI=1S/C14H7BrClFN2O/c15-8-2-1-3-10(17)12(8)13(20)7-6-19-14-11(7)9(16)4-5-18-14/h1-6H,(H,18,19). The Hall–Kier alpha value is -1.72. The lowest BCUT2D eigenvalue weighted by Gasteiger charge is -2.04. The number of hydrogen-bond acceptors (Lipinski definition) is 2. The molecule has 1 aromatic carbocycles. The first-order chi connectivity index (χ1) is 9.59. The molecule has 0 saturated carbocycles. The molecule has 0 fully saturated rings. The molecule has 0 aliphatic rings. The number of benzene rings is 1. The van der Waals surface area contributed by atoms with E-state index in [1.807, 2.05) is 0 Å². The van der Waals surface area contributed by atoms with Crippen molar-refractivity contribution in [3.8, 4) is 0 Å². The number of pyridine rings is 1. The van der Waals surface area contributed by atoms with E-state index in [-0.39, 0.29) is 5.56 Å². The van der Waals surface area contributed by atoms with Gasteiger partial charge < -0.3 is 4.98 Å². The van der Waals surface area contributed by atoms with Crippen molar-refractivity contribution >= 4 is 44.3 Å². The third-order valence-corrected chi connectivity index (χ3v) is 3.93. The average Bonchev–Trinajstić information content (AvgIpc) is 2.83. The normalized spacial score (nSPS) is 10.9. The summed E-state index contributed by atoms with van der Waals surface area (Å²) < 4.78 is 14.3. The number of aromatic nitrogens is 2. The van der Waals surface area contributed by atoms with Gasteiger partial charge in [-0.1, -0.05) is 17.7 Å². The quantitative estimate of drug-likeness (QED) is 0.696. The van der Waals surface area contributed by atoms with Crippen LogP contribution in [0.25, 0.3) is 11.0 Å². The van der Waals surface area contributed by atoms with Crippen molar-refractivity contribution < 1.29 is 9.18 Å². The van der Waals surface area contributed by atoms with Crippen molar-refractivity contribution in [3.63, 3.8) is 0 Å². The summed E-state index contributed by atoms with van der Waals surface area (Å²) >= 11 is 9.29. The molecule has 100 valence electrons. The fraction of sp³-hybridized carbons (Fsp3) is 0. The molecule has 2 aromatic heterocycles. The van der Waals surface area contributed by atoms with Gasteiger partial charge in [-0.05, 0) is 34.1 Å². The number of rotatable bonds is 2. The van der Waals surface area contributed by atoms with E-state index >= 15 is 0 Å². The molecule has 6 heteroatoms. The highest BCUT2D eigenvalue weighted by molar-refractivity contribution is 9.10. The van der Waals surface area contributed by atoms with Crippen LogP contribution in [0.4, 0.5) is 4.39 Å². The summed E-state index contributed by atoms with van der Waals surface area (Å²) in [4.78, 5) is 19.5. The molecule has 0 atom stereocenters. The molecule has 3 nitrogen and oxygen atoms in total. The van der Waals surface area contributed by atoms with Gasteiger partial charge in [-0.2, -0.15) is 0 Å². The predicted octanol–water partition coefficient (Wildman–Crippen LogP) is 4.35. The number of halogens is 3. The van der Waals surface area contributed by atoms with Crippen LogP contribution in [-0.4, -0.2) is 15.8 Å². The maximum absolute atomic E-state index is 13.9. The first kappa shape index (κ1) is 13.3. The number of ketones is 1. The zero-order valence-corrected chi connectivity index (χ0v) is 12.3. The predicted molar refractivity (Wildman–Crippen MR) is 78.6 cm³/mol. The third-order valence-electron chi connectivity index (χ3n) is 2.96. The monoisotopic (exact) mass is 352 g/mol. The lowest BCUT2D eigenvalue weighted by atomic mass is 10.0. The molecule has 0 amide bonds. The molecule has 0 unspecified atom stereocenters. The molecule has 0 radical (unpaired) electrons. The topological polar surface area (TPSA) is 45.8 Å². The molecular formula is C14H7BrClFN2O. The van der Waals surface area contributed by atoms with E-state index in [2.05, 4.69) is 25.9 Å². The lowest BCUT2D eigenvalue weighted by molar-refractivity contribution is 0.103. The second-order valence-corrected chi connectivity index (χ2v) is 5.41. The van der Waals surface area contributed by atoms with E-state index in [1.165, 1.54) is 24.5 Å². The molecule has 0 saturated heterocycles. The Morgan fingerprint density at radius 2 is 2.15 bits per heavy atom. The number of H-pyrrole nitrogens is 1. The van der Waals surface area contributed by atoms with Crippen LogP contribution >= 0.6 is 27.5 Å². The molecule has 0 spiro atoms. The Morgan fingerprint density at radius 3 is 2.90 bits per heavy atom. The Balaban J connectivity index is 2.24. The van der Waals surface area contributed by atoms with Crippen LogP contribution in [0.5, 0.6) is 0 Å². The summed E-state index contributed by atoms with van der Waals surface area (Å²) in [5.74, 6) is -1.03. The van der Waals surface area contributed by atoms with Crippen molar-refractivity contribution in [2.75, 3.05) is 0 Å². The highest BCUT2D eigenvalue weighted by atomic mass is 79.9. The van der Waals surface area contributed by atoms with Gasteiger partial charge in [-0.25, -0.2) is 9.37 Å². The van der Waals surface area contributed by atoms with E-state index in [4.69, 9.17) is 11.6 Å². The fourth-order valence-electron chi connectivity index (χ4n) is 2.05. The van der Waals surface area contributed by atoms with Crippen LogP contribution in [0.1, 0.15) is 15.9 Å². The van der Waals surface area contributed by atoms with Gasteiger partial charge in [0.2, 0.25) is 0 Å². The number of fused-ring (bicyclic) bond motifs is 1. The van der Waals surface area contributed by atoms with Crippen molar-refractivity contribution in [2.45, 2.75) is 0 Å². The first-order valence-electron chi connectivity index (χ1n) is 5.70. The molecule has 3 aromatic rings. The Bertz CT molecular complexity index is 811. The van der Waals surface area contributed by atoms with Crippen LogP contribution < -0.4 is 0 Å². The van der Waals surface area contributed by atoms with E-state index in [1.54, 1.807) is 12.1 Å². The van der Waals surface area contributed by atoms with E-state index in [0.717, 1.165) is 0 Å². The Morgan fingerprint density at radius 1 is 1.35 bits per heavy atom. The van der Waals surface area contributed by atoms with Gasteiger partial charge in [0.05, 0.1) is 16.1 Å². The van der Waals surface area contributed by atoms with Crippen LogP contribution in [0.2, 0.25) is 5.02 Å². The van der Waals surface area contributed by atoms with Crippen molar-refractivity contribution in [3.05, 3.63) is 63.1 Å². The molecule has 2 heterocycles. The van der Waals surface area contributed by atoms with E-state index < -0.39 is 11.6 Å². The highest BCUT2D eigenvalue weighted by Crippen LogP contribution is 2.29. The maximum atomic E-state index is 13.9. The minimum atomic E-state index is -0.585. The van der Waals surface area contributed by atoms with Crippen LogP contribution in [0.15, 0.2) is 41.1 Å². The summed E-state index contributed by atoms with van der Waals surface area (Å²) in [6, 6.07) is 5.97. The third kappa shape index (κ3) is 2.03. The number of carbonyl (C=O) groups excluding carboxylic acids is 1. The molecule has 0 aliphatic heterocycles. The lowest BCUT2D eigenvalue weighted by Crippen LogP contribution is -2.05. The molecular weight excluding hydrogens is 347 g/mol. The minimum absolute atomic E-state index is 0.0201. The number of nitrogens with zero attached hydrogens (tertiary/aromatic N) is 1. The highest BCUT2D eigenvalue weighted by Gasteiger charge is 2.21. The number of nitrogens with one attached hydrogen (secondary N) is 1. The zero-order chi connectivity index (χ0) is 14.3. The van der Waals surface area contributed by atoms with Gasteiger partial charge in [-0.15, -0.1) is 0 Å². The van der Waals surface area contributed by atoms with Gasteiger partial charge in [0.1, 0.15) is 11.5 Å². The summed E-state index contributed by atoms with van der Waals surface area (Å²) in [5.41, 5.74) is 0.769. The molecule has 0 aliphatic carbocycles. The minimum Gasteiger partial charge on any atom is -0.345 e. The largest absolute Gasteiger partial charge is 0.345 e. The van der Waals surface area contributed by atoms with Crippen molar-refractivity contribution in [1.29, 1.82) is 0 Å². The van der Waals surface area contributed by atoms with Crippen molar-refractivity contribution in [1.82, 2.24) is 9.97 Å². The summed E-state index contributed by atoms with van der Waals surface area (Å²) in [6.45, 7) is 0. The smallest absolute Gasteiger partial charge is 0.199 e. The second-order valence-electron chi connectivity index (χ2n) is 4.14. The number of hydrogen-bond donors (Lipinski definition) is 1. The van der Waals surface area contributed by atoms with Crippen LogP contribution in [0.3, 0.4) is 0 Å². The first-order valence-corrected chi connectivity index (χ1v) is 6.87. The molecule has 0 bridgehead atoms. The van der Waals surface area contributed by atoms with Crippen LogP contribution in [0, 0.1) is 5.82 Å². The fourth-order valence-corrected chi connectivity index (χ4v) is 2.81. The Kier molecular flexibility index (Phi) is 3.31.